The lowest BCUT2D eigenvalue weighted by Gasteiger charge is -2.26. The molecule has 1 aromatic carbocycles. The Morgan fingerprint density at radius 3 is 2.92 bits per heavy atom. The lowest BCUT2D eigenvalue weighted by molar-refractivity contribution is -0.148. The Morgan fingerprint density at radius 2 is 2.21 bits per heavy atom. The average Bonchev–Trinajstić information content (AvgIpc) is 3.01. The van der Waals surface area contributed by atoms with Gasteiger partial charge in [-0.05, 0) is 66.6 Å². The number of carbonyl (C=O) groups is 1. The highest BCUT2D eigenvalue weighted by atomic mass is 79.9. The van der Waals surface area contributed by atoms with Crippen LogP contribution >= 0.6 is 15.9 Å². The van der Waals surface area contributed by atoms with E-state index in [-0.39, 0.29) is 12.0 Å². The second-order valence-electron chi connectivity index (χ2n) is 6.28. The number of aryl methyl sites for hydroxylation is 1. The number of esters is 1. The third-order valence-corrected chi connectivity index (χ3v) is 5.71. The number of hydrogen-bond acceptors (Lipinski definition) is 4. The summed E-state index contributed by atoms with van der Waals surface area (Å²) in [4.78, 5) is 12.6. The molecule has 1 saturated heterocycles. The number of fused-ring (bicyclic) bond motifs is 1. The van der Waals surface area contributed by atoms with E-state index in [1.165, 1.54) is 0 Å². The van der Waals surface area contributed by atoms with Gasteiger partial charge in [0.15, 0.2) is 0 Å². The number of ether oxygens (including phenoxy) is 2. The van der Waals surface area contributed by atoms with E-state index in [1.54, 1.807) is 0 Å². The molecule has 1 unspecified atom stereocenters. The van der Waals surface area contributed by atoms with Crippen molar-refractivity contribution in [3.63, 3.8) is 0 Å². The number of halogens is 1. The van der Waals surface area contributed by atoms with Crippen molar-refractivity contribution in [2.45, 2.75) is 39.2 Å². The van der Waals surface area contributed by atoms with Gasteiger partial charge >= 0.3 is 5.97 Å². The fourth-order valence-corrected chi connectivity index (χ4v) is 3.71. The van der Waals surface area contributed by atoms with Gasteiger partial charge in [-0.2, -0.15) is 5.10 Å². The Labute approximate surface area is 150 Å². The van der Waals surface area contributed by atoms with Crippen molar-refractivity contribution in [3.8, 4) is 0 Å². The van der Waals surface area contributed by atoms with Crippen LogP contribution in [0, 0.1) is 12.8 Å². The zero-order valence-corrected chi connectivity index (χ0v) is 15.7. The van der Waals surface area contributed by atoms with Crippen LogP contribution in [0.3, 0.4) is 0 Å². The van der Waals surface area contributed by atoms with Crippen molar-refractivity contribution >= 4 is 32.8 Å². The molecule has 0 N–H and O–H groups in total. The Balaban J connectivity index is 1.95. The van der Waals surface area contributed by atoms with Crippen molar-refractivity contribution < 1.29 is 14.3 Å². The molecule has 1 aliphatic heterocycles. The lowest BCUT2D eigenvalue weighted by atomic mass is 9.92. The van der Waals surface area contributed by atoms with Gasteiger partial charge < -0.3 is 9.47 Å². The van der Waals surface area contributed by atoms with E-state index in [0.717, 1.165) is 53.4 Å². The summed E-state index contributed by atoms with van der Waals surface area (Å²) in [5, 5.41) is 5.55. The summed E-state index contributed by atoms with van der Waals surface area (Å²) in [6.07, 6.45) is 4.53. The minimum atomic E-state index is -0.389. The zero-order valence-electron chi connectivity index (χ0n) is 14.1. The Hall–Kier alpha value is -1.40. The third kappa shape index (κ3) is 3.49. The van der Waals surface area contributed by atoms with Crippen molar-refractivity contribution in [3.05, 3.63) is 28.4 Å². The zero-order chi connectivity index (χ0) is 17.1. The summed E-state index contributed by atoms with van der Waals surface area (Å²) in [5.74, 6) is 0.256. The van der Waals surface area contributed by atoms with Crippen LogP contribution in [0.4, 0.5) is 0 Å². The number of carbonyl (C=O) groups excluding carboxylic acids is 1. The molecule has 6 heteroatoms. The topological polar surface area (TPSA) is 53.4 Å². The maximum Gasteiger partial charge on any atom is 0.330 e. The number of rotatable bonds is 5. The summed E-state index contributed by atoms with van der Waals surface area (Å²) in [5.41, 5.74) is 2.11. The molecule has 0 amide bonds. The van der Waals surface area contributed by atoms with E-state index < -0.39 is 0 Å². The van der Waals surface area contributed by atoms with Gasteiger partial charge in [0, 0.05) is 23.1 Å². The fourth-order valence-electron chi connectivity index (χ4n) is 3.28. The molecule has 1 atom stereocenters. The molecule has 0 radical (unpaired) electrons. The van der Waals surface area contributed by atoms with Gasteiger partial charge in [0.25, 0.3) is 0 Å². The maximum absolute atomic E-state index is 12.6. The molecule has 0 aliphatic carbocycles. The number of hydrogen-bond donors (Lipinski definition) is 0. The summed E-state index contributed by atoms with van der Waals surface area (Å²) >= 11 is 3.62. The molecule has 0 spiro atoms. The summed E-state index contributed by atoms with van der Waals surface area (Å²) < 4.78 is 13.6. The molecule has 1 aromatic heterocycles. The fraction of sp³-hybridized carbons (Fsp3) is 0.556. The van der Waals surface area contributed by atoms with Crippen molar-refractivity contribution in [1.29, 1.82) is 0 Å². The maximum atomic E-state index is 12.6. The van der Waals surface area contributed by atoms with Gasteiger partial charge in [0.05, 0.1) is 18.3 Å². The predicted molar refractivity (Wildman–Crippen MR) is 96.0 cm³/mol. The smallest absolute Gasteiger partial charge is 0.330 e. The standard InChI is InChI=1S/C18H23BrN2O3/c1-3-24-18(22)16(10-13-6-8-23-9-7-13)21-15-5-4-12(2)17(19)14(15)11-20-21/h4-5,11,13,16H,3,6-10H2,1-2H3. The van der Waals surface area contributed by atoms with Crippen molar-refractivity contribution in [2.75, 3.05) is 19.8 Å². The first-order valence-electron chi connectivity index (χ1n) is 8.48. The number of nitrogens with zero attached hydrogens (tertiary/aromatic N) is 2. The van der Waals surface area contributed by atoms with Crippen LogP contribution < -0.4 is 0 Å². The van der Waals surface area contributed by atoms with Crippen LogP contribution in [0.2, 0.25) is 0 Å². The Bertz CT molecular complexity index is 722. The molecule has 3 rings (SSSR count). The highest BCUT2D eigenvalue weighted by Crippen LogP contribution is 2.32. The Kier molecular flexibility index (Phi) is 5.56. The molecule has 130 valence electrons. The van der Waals surface area contributed by atoms with E-state index in [4.69, 9.17) is 9.47 Å². The molecule has 5 nitrogen and oxygen atoms in total. The van der Waals surface area contributed by atoms with Gasteiger partial charge in [-0.25, -0.2) is 4.79 Å². The largest absolute Gasteiger partial charge is 0.464 e. The SMILES string of the molecule is CCOC(=O)C(CC1CCOCC1)n1ncc2c(Br)c(C)ccc21. The monoisotopic (exact) mass is 394 g/mol. The van der Waals surface area contributed by atoms with Crippen LogP contribution in [0.25, 0.3) is 10.9 Å². The first-order chi connectivity index (χ1) is 11.6. The molecule has 24 heavy (non-hydrogen) atoms. The van der Waals surface area contributed by atoms with Gasteiger partial charge in [0.1, 0.15) is 6.04 Å². The first kappa shape index (κ1) is 17.4. The first-order valence-corrected chi connectivity index (χ1v) is 9.27. The second-order valence-corrected chi connectivity index (χ2v) is 7.07. The van der Waals surface area contributed by atoms with Crippen LogP contribution in [-0.4, -0.2) is 35.6 Å². The van der Waals surface area contributed by atoms with Crippen LogP contribution in [0.1, 0.15) is 37.8 Å². The van der Waals surface area contributed by atoms with Crippen LogP contribution in [0.15, 0.2) is 22.8 Å². The molecular formula is C18H23BrN2O3. The van der Waals surface area contributed by atoms with Crippen molar-refractivity contribution in [2.24, 2.45) is 5.92 Å². The van der Waals surface area contributed by atoms with Crippen molar-refractivity contribution in [1.82, 2.24) is 9.78 Å². The highest BCUT2D eigenvalue weighted by molar-refractivity contribution is 9.10. The second kappa shape index (κ2) is 7.66. The molecule has 1 aliphatic rings. The minimum absolute atomic E-state index is 0.203. The summed E-state index contributed by atoms with van der Waals surface area (Å²) in [6, 6.07) is 3.68. The molecule has 2 aromatic rings. The lowest BCUT2D eigenvalue weighted by Crippen LogP contribution is -2.27. The third-order valence-electron chi connectivity index (χ3n) is 4.66. The van der Waals surface area contributed by atoms with E-state index in [9.17, 15) is 4.79 Å². The summed E-state index contributed by atoms with van der Waals surface area (Å²) in [6.45, 7) is 5.80. The van der Waals surface area contributed by atoms with Crippen LogP contribution in [0.5, 0.6) is 0 Å². The van der Waals surface area contributed by atoms with Crippen LogP contribution in [-0.2, 0) is 14.3 Å². The highest BCUT2D eigenvalue weighted by Gasteiger charge is 2.29. The van der Waals surface area contributed by atoms with E-state index in [1.807, 2.05) is 36.9 Å². The van der Waals surface area contributed by atoms with Gasteiger partial charge in [0.2, 0.25) is 0 Å². The average molecular weight is 395 g/mol. The quantitative estimate of drug-likeness (QED) is 0.718. The number of aromatic nitrogens is 2. The summed E-state index contributed by atoms with van der Waals surface area (Å²) in [7, 11) is 0. The molecule has 0 bridgehead atoms. The molecule has 1 fully saturated rings. The van der Waals surface area contributed by atoms with Gasteiger partial charge in [-0.3, -0.25) is 4.68 Å². The Morgan fingerprint density at radius 1 is 1.46 bits per heavy atom. The normalized spacial score (nSPS) is 17.1. The predicted octanol–water partition coefficient (Wildman–Crippen LogP) is 4.03. The minimum Gasteiger partial charge on any atom is -0.464 e. The molecular weight excluding hydrogens is 372 g/mol. The van der Waals surface area contributed by atoms with E-state index >= 15 is 0 Å². The van der Waals surface area contributed by atoms with E-state index in [0.29, 0.717) is 12.5 Å². The van der Waals surface area contributed by atoms with Gasteiger partial charge in [-0.1, -0.05) is 6.07 Å². The number of benzene rings is 1. The molecule has 2 heterocycles. The van der Waals surface area contributed by atoms with E-state index in [2.05, 4.69) is 21.0 Å². The van der Waals surface area contributed by atoms with Gasteiger partial charge in [-0.15, -0.1) is 0 Å². The molecule has 0 saturated carbocycles.